The molecule has 1 heterocycles. The monoisotopic (exact) mass is 260 g/mol. The molecule has 1 saturated heterocycles. The Morgan fingerprint density at radius 3 is 2.53 bits per heavy atom. The molecule has 2 fully saturated rings. The highest BCUT2D eigenvalue weighted by Gasteiger charge is 2.36. The van der Waals surface area contributed by atoms with Crippen LogP contribution in [0.1, 0.15) is 46.0 Å². The molecule has 3 nitrogen and oxygen atoms in total. The van der Waals surface area contributed by atoms with Gasteiger partial charge in [-0.25, -0.2) is 0 Å². The molecule has 0 aromatic carbocycles. The number of nitrogens with two attached hydrogens (primary N) is 1. The lowest BCUT2D eigenvalue weighted by atomic mass is 9.99. The first kappa shape index (κ1) is 14.8. The van der Waals surface area contributed by atoms with Gasteiger partial charge in [0.1, 0.15) is 0 Å². The van der Waals surface area contributed by atoms with Crippen molar-refractivity contribution in [2.24, 2.45) is 17.6 Å². The standard InChI is InChI=1S/C13H24N2O.ClH/c1-9(2)12-4-3-7-15(12)13(16)10-5-6-11(14)8-10;/h9-12H,3-8,14H2,1-2H3;1H. The van der Waals surface area contributed by atoms with Crippen molar-refractivity contribution in [3.05, 3.63) is 0 Å². The van der Waals surface area contributed by atoms with E-state index in [9.17, 15) is 4.79 Å². The summed E-state index contributed by atoms with van der Waals surface area (Å²) >= 11 is 0. The first-order valence-electron chi connectivity index (χ1n) is 6.65. The van der Waals surface area contributed by atoms with Gasteiger partial charge in [-0.15, -0.1) is 12.4 Å². The highest BCUT2D eigenvalue weighted by atomic mass is 35.5. The molecule has 1 saturated carbocycles. The summed E-state index contributed by atoms with van der Waals surface area (Å²) in [5, 5.41) is 0. The average Bonchev–Trinajstić information content (AvgIpc) is 2.84. The number of likely N-dealkylation sites (tertiary alicyclic amines) is 1. The number of halogens is 1. The van der Waals surface area contributed by atoms with E-state index in [0.29, 0.717) is 17.9 Å². The lowest BCUT2D eigenvalue weighted by Crippen LogP contribution is -2.41. The lowest BCUT2D eigenvalue weighted by Gasteiger charge is -2.30. The molecular weight excluding hydrogens is 236 g/mol. The number of hydrogen-bond acceptors (Lipinski definition) is 2. The summed E-state index contributed by atoms with van der Waals surface area (Å²) in [4.78, 5) is 14.5. The predicted molar refractivity (Wildman–Crippen MR) is 72.1 cm³/mol. The summed E-state index contributed by atoms with van der Waals surface area (Å²) in [5.41, 5.74) is 5.89. The van der Waals surface area contributed by atoms with Crippen LogP contribution >= 0.6 is 12.4 Å². The average molecular weight is 261 g/mol. The maximum atomic E-state index is 12.4. The van der Waals surface area contributed by atoms with Gasteiger partial charge in [0.25, 0.3) is 0 Å². The lowest BCUT2D eigenvalue weighted by molar-refractivity contribution is -0.137. The highest BCUT2D eigenvalue weighted by molar-refractivity contribution is 5.85. The smallest absolute Gasteiger partial charge is 0.225 e. The second kappa shape index (κ2) is 6.05. The molecule has 17 heavy (non-hydrogen) atoms. The molecule has 0 radical (unpaired) electrons. The Bertz CT molecular complexity index is 270. The van der Waals surface area contributed by atoms with E-state index >= 15 is 0 Å². The van der Waals surface area contributed by atoms with Crippen molar-refractivity contribution in [2.75, 3.05) is 6.54 Å². The summed E-state index contributed by atoms with van der Waals surface area (Å²) in [6.45, 7) is 5.40. The van der Waals surface area contributed by atoms with E-state index in [0.717, 1.165) is 25.8 Å². The van der Waals surface area contributed by atoms with Gasteiger partial charge in [-0.3, -0.25) is 4.79 Å². The number of nitrogens with zero attached hydrogens (tertiary/aromatic N) is 1. The summed E-state index contributed by atoms with van der Waals surface area (Å²) in [6, 6.07) is 0.735. The van der Waals surface area contributed by atoms with Crippen molar-refractivity contribution in [3.8, 4) is 0 Å². The van der Waals surface area contributed by atoms with Crippen LogP contribution in [0.4, 0.5) is 0 Å². The minimum absolute atomic E-state index is 0. The number of hydrogen-bond donors (Lipinski definition) is 1. The van der Waals surface area contributed by atoms with E-state index in [1.54, 1.807) is 0 Å². The molecule has 3 unspecified atom stereocenters. The van der Waals surface area contributed by atoms with Crippen LogP contribution in [0.5, 0.6) is 0 Å². The van der Waals surface area contributed by atoms with Crippen LogP contribution in [0.3, 0.4) is 0 Å². The summed E-state index contributed by atoms with van der Waals surface area (Å²) in [5.74, 6) is 1.18. The number of carbonyl (C=O) groups is 1. The predicted octanol–water partition coefficient (Wildman–Crippen LogP) is 2.18. The summed E-state index contributed by atoms with van der Waals surface area (Å²) in [6.07, 6.45) is 5.29. The van der Waals surface area contributed by atoms with Gasteiger partial charge in [0.05, 0.1) is 0 Å². The van der Waals surface area contributed by atoms with E-state index in [2.05, 4.69) is 18.7 Å². The van der Waals surface area contributed by atoms with E-state index < -0.39 is 0 Å². The van der Waals surface area contributed by atoms with Gasteiger partial charge in [0.2, 0.25) is 5.91 Å². The minimum Gasteiger partial charge on any atom is -0.339 e. The molecule has 1 aliphatic carbocycles. The molecule has 1 aliphatic heterocycles. The van der Waals surface area contributed by atoms with E-state index in [1.807, 2.05) is 0 Å². The van der Waals surface area contributed by atoms with E-state index in [4.69, 9.17) is 5.73 Å². The van der Waals surface area contributed by atoms with Crippen molar-refractivity contribution in [2.45, 2.75) is 58.0 Å². The maximum absolute atomic E-state index is 12.4. The van der Waals surface area contributed by atoms with Gasteiger partial charge in [-0.2, -0.15) is 0 Å². The van der Waals surface area contributed by atoms with Crippen molar-refractivity contribution in [1.29, 1.82) is 0 Å². The Labute approximate surface area is 111 Å². The van der Waals surface area contributed by atoms with E-state index in [-0.39, 0.29) is 24.4 Å². The minimum atomic E-state index is 0. The second-order valence-electron chi connectivity index (χ2n) is 5.76. The highest BCUT2D eigenvalue weighted by Crippen LogP contribution is 2.31. The molecule has 1 amide bonds. The molecule has 0 aromatic heterocycles. The Balaban J connectivity index is 0.00000144. The SMILES string of the molecule is CC(C)C1CCCN1C(=O)C1CCC(N)C1.Cl. The van der Waals surface area contributed by atoms with Gasteiger partial charge in [0.15, 0.2) is 0 Å². The second-order valence-corrected chi connectivity index (χ2v) is 5.76. The first-order chi connectivity index (χ1) is 7.59. The third-order valence-corrected chi connectivity index (χ3v) is 4.17. The van der Waals surface area contributed by atoms with Crippen molar-refractivity contribution in [1.82, 2.24) is 4.90 Å². The molecule has 0 spiro atoms. The zero-order valence-electron chi connectivity index (χ0n) is 10.9. The summed E-state index contributed by atoms with van der Waals surface area (Å²) < 4.78 is 0. The van der Waals surface area contributed by atoms with Crippen LogP contribution in [0.25, 0.3) is 0 Å². The molecule has 0 bridgehead atoms. The molecule has 2 N–H and O–H groups in total. The quantitative estimate of drug-likeness (QED) is 0.827. The molecule has 4 heteroatoms. The van der Waals surface area contributed by atoms with Gasteiger partial charge in [0, 0.05) is 24.5 Å². The Kier molecular flexibility index (Phi) is 5.26. The zero-order chi connectivity index (χ0) is 11.7. The number of rotatable bonds is 2. The Morgan fingerprint density at radius 1 is 1.29 bits per heavy atom. The topological polar surface area (TPSA) is 46.3 Å². The van der Waals surface area contributed by atoms with Gasteiger partial charge in [-0.05, 0) is 38.0 Å². The summed E-state index contributed by atoms with van der Waals surface area (Å²) in [7, 11) is 0. The van der Waals surface area contributed by atoms with Crippen LogP contribution in [-0.2, 0) is 4.79 Å². The van der Waals surface area contributed by atoms with Crippen LogP contribution < -0.4 is 5.73 Å². The number of carbonyl (C=O) groups excluding carboxylic acids is 1. The molecule has 2 rings (SSSR count). The molecule has 100 valence electrons. The van der Waals surface area contributed by atoms with Crippen LogP contribution in [0.2, 0.25) is 0 Å². The molecule has 3 atom stereocenters. The van der Waals surface area contributed by atoms with E-state index in [1.165, 1.54) is 12.8 Å². The van der Waals surface area contributed by atoms with Crippen LogP contribution in [-0.4, -0.2) is 29.4 Å². The maximum Gasteiger partial charge on any atom is 0.225 e. The van der Waals surface area contributed by atoms with Crippen molar-refractivity contribution in [3.63, 3.8) is 0 Å². The molecular formula is C13H25ClN2O. The molecule has 0 aromatic rings. The number of amides is 1. The fourth-order valence-electron chi connectivity index (χ4n) is 3.23. The largest absolute Gasteiger partial charge is 0.339 e. The van der Waals surface area contributed by atoms with Crippen LogP contribution in [0, 0.1) is 11.8 Å². The fourth-order valence-corrected chi connectivity index (χ4v) is 3.23. The Hall–Kier alpha value is -0.280. The van der Waals surface area contributed by atoms with Crippen LogP contribution in [0.15, 0.2) is 0 Å². The van der Waals surface area contributed by atoms with Crippen molar-refractivity contribution >= 4 is 18.3 Å². The normalized spacial score (nSPS) is 32.9. The molecule has 2 aliphatic rings. The Morgan fingerprint density at radius 2 is 2.00 bits per heavy atom. The fraction of sp³-hybridized carbons (Fsp3) is 0.923. The van der Waals surface area contributed by atoms with Crippen molar-refractivity contribution < 1.29 is 4.79 Å². The van der Waals surface area contributed by atoms with Gasteiger partial charge in [-0.1, -0.05) is 13.8 Å². The van der Waals surface area contributed by atoms with Gasteiger partial charge >= 0.3 is 0 Å². The third kappa shape index (κ3) is 3.14. The van der Waals surface area contributed by atoms with Gasteiger partial charge < -0.3 is 10.6 Å². The first-order valence-corrected chi connectivity index (χ1v) is 6.65. The zero-order valence-corrected chi connectivity index (χ0v) is 11.7. The third-order valence-electron chi connectivity index (χ3n) is 4.17.